The summed E-state index contributed by atoms with van der Waals surface area (Å²) >= 11 is 0. The number of nitrogens with zero attached hydrogens (tertiary/aromatic N) is 4. The second kappa shape index (κ2) is 10.7. The summed E-state index contributed by atoms with van der Waals surface area (Å²) in [6.07, 6.45) is 22.5. The van der Waals surface area contributed by atoms with Crippen LogP contribution in [0.4, 0.5) is 5.69 Å². The number of imidazole rings is 1. The van der Waals surface area contributed by atoms with Crippen molar-refractivity contribution in [3.8, 4) is 11.4 Å². The van der Waals surface area contributed by atoms with Gasteiger partial charge in [0.05, 0.1) is 6.04 Å². The molecule has 0 fully saturated rings. The number of dihydropyridines is 1. The zero-order valence-electron chi connectivity index (χ0n) is 24.2. The van der Waals surface area contributed by atoms with Crippen LogP contribution >= 0.6 is 0 Å². The number of benzene rings is 2. The molecule has 3 atom stereocenters. The average Bonchev–Trinajstić information content (AvgIpc) is 3.64. The molecule has 2 aliphatic heterocycles. The molecule has 4 nitrogen and oxygen atoms in total. The van der Waals surface area contributed by atoms with Gasteiger partial charge >= 0.3 is 0 Å². The van der Waals surface area contributed by atoms with Crippen molar-refractivity contribution in [3.05, 3.63) is 126 Å². The first-order chi connectivity index (χ1) is 20.1. The molecule has 0 saturated heterocycles. The lowest BCUT2D eigenvalue weighted by Gasteiger charge is -2.33. The first-order valence-electron chi connectivity index (χ1n) is 15.2. The van der Waals surface area contributed by atoms with Crippen LogP contribution in [0, 0.1) is 11.8 Å². The Labute approximate surface area is 243 Å². The molecule has 41 heavy (non-hydrogen) atoms. The summed E-state index contributed by atoms with van der Waals surface area (Å²) in [6.45, 7) is 6.91. The fraction of sp³-hybridized carbons (Fsp3) is 0.297. The fourth-order valence-electron chi connectivity index (χ4n) is 6.97. The molecule has 0 spiro atoms. The van der Waals surface area contributed by atoms with Crippen LogP contribution in [-0.4, -0.2) is 21.3 Å². The van der Waals surface area contributed by atoms with Gasteiger partial charge < -0.3 is 4.90 Å². The number of aromatic nitrogens is 2. The molecule has 1 aromatic heterocycles. The highest BCUT2D eigenvalue weighted by Crippen LogP contribution is 2.48. The predicted molar refractivity (Wildman–Crippen MR) is 171 cm³/mol. The van der Waals surface area contributed by atoms with Crippen LogP contribution in [0.25, 0.3) is 17.1 Å². The maximum Gasteiger partial charge on any atom is 0.144 e. The highest BCUT2D eigenvalue weighted by molar-refractivity contribution is 6.01. The zero-order valence-corrected chi connectivity index (χ0v) is 24.2. The molecule has 0 amide bonds. The summed E-state index contributed by atoms with van der Waals surface area (Å²) < 4.78 is 2.32. The Balaban J connectivity index is 1.26. The van der Waals surface area contributed by atoms with E-state index in [4.69, 9.17) is 9.98 Å². The van der Waals surface area contributed by atoms with Gasteiger partial charge in [-0.3, -0.25) is 9.56 Å². The van der Waals surface area contributed by atoms with Gasteiger partial charge in [-0.25, -0.2) is 4.98 Å². The molecule has 3 aromatic rings. The van der Waals surface area contributed by atoms with Crippen LogP contribution < -0.4 is 4.90 Å². The van der Waals surface area contributed by atoms with Crippen LogP contribution in [0.5, 0.6) is 0 Å². The van der Waals surface area contributed by atoms with Crippen LogP contribution in [0.2, 0.25) is 0 Å². The molecular weight excluding hydrogens is 500 g/mol. The molecule has 4 heteroatoms. The van der Waals surface area contributed by atoms with Gasteiger partial charge in [0.25, 0.3) is 0 Å². The van der Waals surface area contributed by atoms with Crippen molar-refractivity contribution in [1.29, 1.82) is 0 Å². The summed E-state index contributed by atoms with van der Waals surface area (Å²) in [5.74, 6) is 1.65. The van der Waals surface area contributed by atoms with Crippen molar-refractivity contribution in [3.63, 3.8) is 0 Å². The van der Waals surface area contributed by atoms with Gasteiger partial charge in [-0.2, -0.15) is 0 Å². The average molecular weight is 539 g/mol. The third kappa shape index (κ3) is 4.46. The van der Waals surface area contributed by atoms with E-state index in [2.05, 4.69) is 127 Å². The van der Waals surface area contributed by atoms with Crippen LogP contribution in [0.1, 0.15) is 58.1 Å². The van der Waals surface area contributed by atoms with E-state index in [0.717, 1.165) is 37.1 Å². The smallest absolute Gasteiger partial charge is 0.144 e. The minimum absolute atomic E-state index is 0.118. The molecule has 0 saturated carbocycles. The van der Waals surface area contributed by atoms with Gasteiger partial charge in [-0.15, -0.1) is 0 Å². The number of hydrogen-bond donors (Lipinski definition) is 0. The summed E-state index contributed by atoms with van der Waals surface area (Å²) in [4.78, 5) is 12.8. The lowest BCUT2D eigenvalue weighted by atomic mass is 9.79. The number of para-hydroxylation sites is 1. The Morgan fingerprint density at radius 1 is 0.976 bits per heavy atom. The maximum atomic E-state index is 5.52. The lowest BCUT2D eigenvalue weighted by molar-refractivity contribution is 0.637. The molecule has 0 N–H and O–H groups in total. The first kappa shape index (κ1) is 25.8. The molecule has 7 rings (SSSR count). The van der Waals surface area contributed by atoms with Crippen molar-refractivity contribution in [2.24, 2.45) is 16.8 Å². The molecule has 2 aromatic carbocycles. The summed E-state index contributed by atoms with van der Waals surface area (Å²) in [6, 6.07) is 19.7. The standard InChI is InChI=1S/C37H38N4/c1-4-26-23-28(24-31(25(2)3)36(26)40-22-21-38-37(40)27-13-7-5-8-14-27)32-19-20-34-35(39-32)30-17-11-12-18-33(30)41(34)29-15-9-6-10-16-29/h5,7-9,11-22,24-25,28,34-35H,4,6,10,23H2,1-3H3. The van der Waals surface area contributed by atoms with Gasteiger partial charge in [0.2, 0.25) is 0 Å². The Bertz CT molecular complexity index is 1640. The van der Waals surface area contributed by atoms with Crippen molar-refractivity contribution in [2.75, 3.05) is 4.90 Å². The van der Waals surface area contributed by atoms with Crippen LogP contribution in [0.3, 0.4) is 0 Å². The summed E-state index contributed by atoms with van der Waals surface area (Å²) in [5, 5.41) is 0. The van der Waals surface area contributed by atoms with Gasteiger partial charge in [-0.1, -0.05) is 93.6 Å². The Morgan fingerprint density at radius 3 is 2.59 bits per heavy atom. The van der Waals surface area contributed by atoms with E-state index in [1.807, 2.05) is 6.20 Å². The number of hydrogen-bond acceptors (Lipinski definition) is 3. The third-order valence-corrected chi connectivity index (χ3v) is 8.94. The number of aliphatic imine (C=N–C) groups is 1. The van der Waals surface area contributed by atoms with E-state index < -0.39 is 0 Å². The largest absolute Gasteiger partial charge is 0.332 e. The first-order valence-corrected chi connectivity index (χ1v) is 15.2. The van der Waals surface area contributed by atoms with Gasteiger partial charge in [0, 0.05) is 52.2 Å². The monoisotopic (exact) mass is 538 g/mol. The van der Waals surface area contributed by atoms with Gasteiger partial charge in [0.1, 0.15) is 11.9 Å². The van der Waals surface area contributed by atoms with Crippen molar-refractivity contribution in [2.45, 2.75) is 58.5 Å². The van der Waals surface area contributed by atoms with Gasteiger partial charge in [0.15, 0.2) is 0 Å². The van der Waals surface area contributed by atoms with E-state index in [1.165, 1.54) is 39.5 Å². The van der Waals surface area contributed by atoms with Crippen LogP contribution in [0.15, 0.2) is 125 Å². The quantitative estimate of drug-likeness (QED) is 0.314. The normalized spacial score (nSPS) is 23.4. The molecule has 206 valence electrons. The van der Waals surface area contributed by atoms with Gasteiger partial charge in [-0.05, 0) is 61.0 Å². The summed E-state index contributed by atoms with van der Waals surface area (Å²) in [5.41, 5.74) is 10.5. The van der Waals surface area contributed by atoms with Crippen molar-refractivity contribution >= 4 is 17.1 Å². The Kier molecular flexibility index (Phi) is 6.70. The van der Waals surface area contributed by atoms with E-state index in [9.17, 15) is 0 Å². The minimum atomic E-state index is 0.118. The Hall–Kier alpha value is -4.18. The topological polar surface area (TPSA) is 33.4 Å². The number of anilines is 1. The fourth-order valence-corrected chi connectivity index (χ4v) is 6.97. The van der Waals surface area contributed by atoms with E-state index in [0.29, 0.717) is 5.92 Å². The second-order valence-corrected chi connectivity index (χ2v) is 11.8. The zero-order chi connectivity index (χ0) is 27.9. The molecular formula is C37H38N4. The highest BCUT2D eigenvalue weighted by atomic mass is 15.2. The number of rotatable bonds is 6. The van der Waals surface area contributed by atoms with E-state index in [1.54, 1.807) is 0 Å². The molecule has 3 unspecified atom stereocenters. The molecule has 0 radical (unpaired) electrons. The van der Waals surface area contributed by atoms with E-state index >= 15 is 0 Å². The molecule has 2 aliphatic carbocycles. The number of allylic oxidation sites excluding steroid dienone is 8. The van der Waals surface area contributed by atoms with Crippen LogP contribution in [-0.2, 0) is 0 Å². The molecule has 3 heterocycles. The Morgan fingerprint density at radius 2 is 1.80 bits per heavy atom. The maximum absolute atomic E-state index is 5.52. The third-order valence-electron chi connectivity index (χ3n) is 8.94. The SMILES string of the molecule is CCC1=C(n2ccnc2-c2ccccc2)C(C(C)C)=CC(C2=NC3c4ccccc4N(C4=CCCC=C4)C3C=C2)C1. The molecule has 0 bridgehead atoms. The predicted octanol–water partition coefficient (Wildman–Crippen LogP) is 8.95. The molecule has 4 aliphatic rings. The van der Waals surface area contributed by atoms with Crippen molar-refractivity contribution in [1.82, 2.24) is 9.55 Å². The minimum Gasteiger partial charge on any atom is -0.332 e. The van der Waals surface area contributed by atoms with Crippen molar-refractivity contribution < 1.29 is 0 Å². The highest BCUT2D eigenvalue weighted by Gasteiger charge is 2.40. The number of fused-ring (bicyclic) bond motifs is 3. The lowest BCUT2D eigenvalue weighted by Crippen LogP contribution is -2.34. The van der Waals surface area contributed by atoms with E-state index in [-0.39, 0.29) is 18.0 Å². The summed E-state index contributed by atoms with van der Waals surface area (Å²) in [7, 11) is 0. The second-order valence-electron chi connectivity index (χ2n) is 11.8.